The Morgan fingerprint density at radius 2 is 1.91 bits per heavy atom. The van der Waals surface area contributed by atoms with E-state index in [1.807, 2.05) is 51.1 Å². The minimum Gasteiger partial charge on any atom is -0.383 e. The molecule has 1 aliphatic rings. The number of aromatic amines is 1. The fourth-order valence-electron chi connectivity index (χ4n) is 4.25. The number of hydrogen-bond acceptors (Lipinski definition) is 5. The summed E-state index contributed by atoms with van der Waals surface area (Å²) in [5.74, 6) is -0.540. The largest absolute Gasteiger partial charge is 0.383 e. The number of aromatic nitrogens is 2. The first-order valence-corrected chi connectivity index (χ1v) is 11.6. The van der Waals surface area contributed by atoms with Crippen molar-refractivity contribution in [2.45, 2.75) is 59.5 Å². The summed E-state index contributed by atoms with van der Waals surface area (Å²) < 4.78 is 1.31. The average molecular weight is 468 g/mol. The molecule has 0 fully saturated rings. The number of hydrogen-bond donors (Lipinski definition) is 2. The number of rotatable bonds is 8. The standard InChI is InChI=1S/C25H33N5O4/c1-5-6-12-29-23(26)22(24(33)27-25(29)34)30(15-16(2)3)21(32)14-20-19-10-8-7-9-18(19)11-13-28(20)17(4)31/h7-11,13,16,20H,5-6,12,14-15,26H2,1-4H3,(H,27,33,34)/t20-/m0/s1. The van der Waals surface area contributed by atoms with Gasteiger partial charge >= 0.3 is 5.69 Å². The molecule has 0 radical (unpaired) electrons. The van der Waals surface area contributed by atoms with Crippen LogP contribution in [0.15, 0.2) is 40.1 Å². The Morgan fingerprint density at radius 3 is 2.56 bits per heavy atom. The molecule has 0 spiro atoms. The van der Waals surface area contributed by atoms with Crippen LogP contribution in [0.3, 0.4) is 0 Å². The van der Waals surface area contributed by atoms with Gasteiger partial charge in [-0.1, -0.05) is 51.5 Å². The molecule has 1 aromatic carbocycles. The average Bonchev–Trinajstić information content (AvgIpc) is 2.77. The monoisotopic (exact) mass is 467 g/mol. The summed E-state index contributed by atoms with van der Waals surface area (Å²) in [6.07, 6.45) is 5.02. The van der Waals surface area contributed by atoms with Gasteiger partial charge in [-0.15, -0.1) is 0 Å². The summed E-state index contributed by atoms with van der Waals surface area (Å²) in [5.41, 5.74) is 6.77. The van der Waals surface area contributed by atoms with Crippen LogP contribution in [0.5, 0.6) is 0 Å². The molecule has 0 unspecified atom stereocenters. The van der Waals surface area contributed by atoms with Gasteiger partial charge in [0.2, 0.25) is 11.8 Å². The molecule has 3 N–H and O–H groups in total. The predicted molar refractivity (Wildman–Crippen MR) is 133 cm³/mol. The number of anilines is 2. The Hall–Kier alpha value is -3.62. The number of benzene rings is 1. The van der Waals surface area contributed by atoms with Crippen LogP contribution < -0.4 is 21.9 Å². The van der Waals surface area contributed by atoms with Crippen LogP contribution in [-0.4, -0.2) is 32.8 Å². The van der Waals surface area contributed by atoms with Crippen molar-refractivity contribution in [2.75, 3.05) is 17.2 Å². The molecule has 0 saturated carbocycles. The van der Waals surface area contributed by atoms with Gasteiger partial charge in [0.15, 0.2) is 5.69 Å². The molecule has 1 aromatic heterocycles. The molecule has 0 aliphatic carbocycles. The first-order valence-electron chi connectivity index (χ1n) is 11.6. The van der Waals surface area contributed by atoms with Gasteiger partial charge in [-0.25, -0.2) is 4.79 Å². The molecule has 9 nitrogen and oxygen atoms in total. The number of unbranched alkanes of at least 4 members (excludes halogenated alkanes) is 1. The molecule has 2 aromatic rings. The molecular weight excluding hydrogens is 434 g/mol. The second kappa shape index (κ2) is 10.5. The van der Waals surface area contributed by atoms with Gasteiger partial charge in [0.05, 0.1) is 12.5 Å². The van der Waals surface area contributed by atoms with Gasteiger partial charge in [0.25, 0.3) is 5.56 Å². The number of fused-ring (bicyclic) bond motifs is 1. The van der Waals surface area contributed by atoms with E-state index in [0.717, 1.165) is 17.5 Å². The number of nitrogens with zero attached hydrogens (tertiary/aromatic N) is 3. The van der Waals surface area contributed by atoms with Crippen LogP contribution in [0.25, 0.3) is 6.08 Å². The van der Waals surface area contributed by atoms with E-state index < -0.39 is 17.3 Å². The highest BCUT2D eigenvalue weighted by Gasteiger charge is 2.32. The van der Waals surface area contributed by atoms with Crippen molar-refractivity contribution in [3.8, 4) is 0 Å². The molecule has 0 saturated heterocycles. The number of amides is 2. The molecule has 9 heteroatoms. The molecule has 3 rings (SSSR count). The number of H-pyrrole nitrogens is 1. The molecule has 182 valence electrons. The first kappa shape index (κ1) is 25.0. The Kier molecular flexibility index (Phi) is 7.75. The quantitative estimate of drug-likeness (QED) is 0.618. The highest BCUT2D eigenvalue weighted by Crippen LogP contribution is 2.34. The highest BCUT2D eigenvalue weighted by molar-refractivity contribution is 5.96. The third kappa shape index (κ3) is 5.13. The summed E-state index contributed by atoms with van der Waals surface area (Å²) in [4.78, 5) is 56.5. The van der Waals surface area contributed by atoms with Crippen LogP contribution in [0, 0.1) is 5.92 Å². The van der Waals surface area contributed by atoms with E-state index in [2.05, 4.69) is 4.98 Å². The van der Waals surface area contributed by atoms with Gasteiger partial charge < -0.3 is 15.5 Å². The van der Waals surface area contributed by atoms with Crippen LogP contribution in [0.4, 0.5) is 11.5 Å². The zero-order valence-corrected chi connectivity index (χ0v) is 20.2. The second-order valence-corrected chi connectivity index (χ2v) is 8.99. The molecular formula is C25H33N5O4. The summed E-state index contributed by atoms with van der Waals surface area (Å²) in [7, 11) is 0. The van der Waals surface area contributed by atoms with E-state index in [9.17, 15) is 19.2 Å². The van der Waals surface area contributed by atoms with Crippen LogP contribution >= 0.6 is 0 Å². The summed E-state index contributed by atoms with van der Waals surface area (Å²) in [6, 6.07) is 7.07. The van der Waals surface area contributed by atoms with E-state index in [-0.39, 0.29) is 42.2 Å². The van der Waals surface area contributed by atoms with Crippen LogP contribution in [-0.2, 0) is 16.1 Å². The highest BCUT2D eigenvalue weighted by atomic mass is 16.2. The topological polar surface area (TPSA) is 121 Å². The van der Waals surface area contributed by atoms with Gasteiger partial charge in [0.1, 0.15) is 5.82 Å². The molecule has 2 amide bonds. The van der Waals surface area contributed by atoms with E-state index in [4.69, 9.17) is 5.73 Å². The lowest BCUT2D eigenvalue weighted by molar-refractivity contribution is -0.129. The number of nitrogens with one attached hydrogen (secondary N) is 1. The summed E-state index contributed by atoms with van der Waals surface area (Å²) in [5, 5.41) is 0. The molecule has 2 heterocycles. The maximum atomic E-state index is 13.7. The Balaban J connectivity index is 2.05. The van der Waals surface area contributed by atoms with Crippen molar-refractivity contribution in [3.63, 3.8) is 0 Å². The minimum atomic E-state index is -0.698. The van der Waals surface area contributed by atoms with Gasteiger partial charge in [-0.05, 0) is 29.5 Å². The number of carbonyl (C=O) groups is 2. The minimum absolute atomic E-state index is 0.0245. The maximum absolute atomic E-state index is 13.7. The van der Waals surface area contributed by atoms with Crippen molar-refractivity contribution in [1.29, 1.82) is 0 Å². The van der Waals surface area contributed by atoms with Gasteiger partial charge in [-0.3, -0.25) is 23.9 Å². The van der Waals surface area contributed by atoms with Crippen molar-refractivity contribution < 1.29 is 9.59 Å². The van der Waals surface area contributed by atoms with Crippen molar-refractivity contribution in [3.05, 3.63) is 62.4 Å². The molecule has 34 heavy (non-hydrogen) atoms. The molecule has 1 atom stereocenters. The smallest absolute Gasteiger partial charge is 0.330 e. The lowest BCUT2D eigenvalue weighted by atomic mass is 9.93. The van der Waals surface area contributed by atoms with Gasteiger partial charge in [0, 0.05) is 26.2 Å². The fourth-order valence-corrected chi connectivity index (χ4v) is 4.25. The zero-order valence-electron chi connectivity index (χ0n) is 20.2. The third-order valence-corrected chi connectivity index (χ3v) is 5.91. The predicted octanol–water partition coefficient (Wildman–Crippen LogP) is 2.87. The Bertz CT molecular complexity index is 1210. The Labute approximate surface area is 198 Å². The molecule has 0 bridgehead atoms. The lowest BCUT2D eigenvalue weighted by Gasteiger charge is -2.34. The van der Waals surface area contributed by atoms with E-state index in [1.54, 1.807) is 6.20 Å². The normalized spacial score (nSPS) is 14.9. The number of nitrogen functional groups attached to an aromatic ring is 1. The van der Waals surface area contributed by atoms with Crippen molar-refractivity contribution >= 4 is 29.4 Å². The van der Waals surface area contributed by atoms with E-state index in [1.165, 1.54) is 21.3 Å². The lowest BCUT2D eigenvalue weighted by Crippen LogP contribution is -2.44. The Morgan fingerprint density at radius 1 is 1.21 bits per heavy atom. The van der Waals surface area contributed by atoms with E-state index >= 15 is 0 Å². The maximum Gasteiger partial charge on any atom is 0.330 e. The zero-order chi connectivity index (χ0) is 25.0. The van der Waals surface area contributed by atoms with Crippen molar-refractivity contribution in [1.82, 2.24) is 14.5 Å². The SMILES string of the molecule is CCCCn1c(N)c(N(CC(C)C)C(=O)C[C@H]2c3ccccc3C=CN2C(C)=O)c(=O)[nH]c1=O. The number of carbonyl (C=O) groups excluding carboxylic acids is 2. The fraction of sp³-hybridized carbons (Fsp3) is 0.440. The van der Waals surface area contributed by atoms with Crippen LogP contribution in [0.1, 0.15) is 64.1 Å². The number of nitrogens with two attached hydrogens (primary N) is 1. The van der Waals surface area contributed by atoms with Gasteiger partial charge in [-0.2, -0.15) is 0 Å². The summed E-state index contributed by atoms with van der Waals surface area (Å²) in [6.45, 7) is 7.88. The van der Waals surface area contributed by atoms with Crippen LogP contribution in [0.2, 0.25) is 0 Å². The second-order valence-electron chi connectivity index (χ2n) is 8.99. The first-order chi connectivity index (χ1) is 16.1. The molecule has 1 aliphatic heterocycles. The van der Waals surface area contributed by atoms with Crippen molar-refractivity contribution in [2.24, 2.45) is 5.92 Å². The summed E-state index contributed by atoms with van der Waals surface area (Å²) >= 11 is 0. The van der Waals surface area contributed by atoms with E-state index in [0.29, 0.717) is 13.0 Å². The third-order valence-electron chi connectivity index (χ3n) is 5.91.